The molecule has 20 heavy (non-hydrogen) atoms. The average Bonchev–Trinajstić information content (AvgIpc) is 2.86. The monoisotopic (exact) mass is 271 g/mol. The van der Waals surface area contributed by atoms with E-state index in [-0.39, 0.29) is 11.8 Å². The summed E-state index contributed by atoms with van der Waals surface area (Å²) in [6, 6.07) is 7.40. The molecule has 1 aliphatic rings. The Bertz CT molecular complexity index is 630. The molecule has 0 unspecified atom stereocenters. The molecular formula is C15H17N3O2. The van der Waals surface area contributed by atoms with Crippen LogP contribution in [0.25, 0.3) is 11.5 Å². The van der Waals surface area contributed by atoms with Gasteiger partial charge in [0, 0.05) is 19.0 Å². The van der Waals surface area contributed by atoms with Crippen molar-refractivity contribution in [1.82, 2.24) is 15.0 Å². The number of hydrogen-bond acceptors (Lipinski definition) is 4. The molecule has 5 heteroatoms. The maximum Gasteiger partial charge on any atom is 0.258 e. The second-order valence-electron chi connectivity index (χ2n) is 5.30. The van der Waals surface area contributed by atoms with Gasteiger partial charge in [-0.25, -0.2) is 0 Å². The highest BCUT2D eigenvalue weighted by atomic mass is 16.5. The Morgan fingerprint density at radius 2 is 2.05 bits per heavy atom. The largest absolute Gasteiger partial charge is 0.338 e. The van der Waals surface area contributed by atoms with Crippen LogP contribution in [-0.4, -0.2) is 34.0 Å². The van der Waals surface area contributed by atoms with Gasteiger partial charge in [-0.15, -0.1) is 0 Å². The van der Waals surface area contributed by atoms with E-state index in [1.165, 1.54) is 0 Å². The Morgan fingerprint density at radius 1 is 1.30 bits per heavy atom. The Kier molecular flexibility index (Phi) is 3.26. The first-order valence-electron chi connectivity index (χ1n) is 6.89. The molecule has 0 spiro atoms. The van der Waals surface area contributed by atoms with Gasteiger partial charge in [0.1, 0.15) is 0 Å². The molecule has 0 bridgehead atoms. The number of aromatic nitrogens is 2. The molecule has 0 N–H and O–H groups in total. The Labute approximate surface area is 117 Å². The van der Waals surface area contributed by atoms with Crippen LogP contribution in [0.5, 0.6) is 0 Å². The molecule has 5 nitrogen and oxygen atoms in total. The number of amides is 1. The van der Waals surface area contributed by atoms with Gasteiger partial charge >= 0.3 is 0 Å². The van der Waals surface area contributed by atoms with E-state index in [1.807, 2.05) is 43.0 Å². The van der Waals surface area contributed by atoms with Crippen LogP contribution in [-0.2, 0) is 0 Å². The van der Waals surface area contributed by atoms with Crippen LogP contribution in [0.15, 0.2) is 28.8 Å². The van der Waals surface area contributed by atoms with Crippen molar-refractivity contribution in [2.24, 2.45) is 0 Å². The molecule has 2 heterocycles. The van der Waals surface area contributed by atoms with Crippen LogP contribution >= 0.6 is 0 Å². The second-order valence-corrected chi connectivity index (χ2v) is 5.30. The molecule has 1 aromatic heterocycles. The molecular weight excluding hydrogens is 254 g/mol. The zero-order valence-electron chi connectivity index (χ0n) is 11.7. The van der Waals surface area contributed by atoms with Crippen molar-refractivity contribution < 1.29 is 9.32 Å². The van der Waals surface area contributed by atoms with E-state index in [0.29, 0.717) is 22.8 Å². The second kappa shape index (κ2) is 5.07. The summed E-state index contributed by atoms with van der Waals surface area (Å²) < 4.78 is 5.30. The van der Waals surface area contributed by atoms with Gasteiger partial charge in [-0.3, -0.25) is 4.79 Å². The average molecular weight is 271 g/mol. The van der Waals surface area contributed by atoms with Gasteiger partial charge in [-0.05, 0) is 18.6 Å². The number of benzene rings is 1. The minimum atomic E-state index is 0.0381. The first kappa shape index (κ1) is 12.8. The van der Waals surface area contributed by atoms with Crippen molar-refractivity contribution in [3.05, 3.63) is 35.7 Å². The van der Waals surface area contributed by atoms with Crippen molar-refractivity contribution >= 4 is 5.91 Å². The summed E-state index contributed by atoms with van der Waals surface area (Å²) in [5.74, 6) is 1.31. The lowest BCUT2D eigenvalue weighted by molar-refractivity contribution is 0.0652. The zero-order valence-corrected chi connectivity index (χ0v) is 11.7. The SMILES string of the molecule is CC(C)c1noc(-c2ccccc2C(=O)N2CCC2)n1. The minimum absolute atomic E-state index is 0.0381. The van der Waals surface area contributed by atoms with Gasteiger partial charge < -0.3 is 9.42 Å². The zero-order chi connectivity index (χ0) is 14.1. The summed E-state index contributed by atoms with van der Waals surface area (Å²) in [6.45, 7) is 5.67. The maximum atomic E-state index is 12.4. The molecule has 0 radical (unpaired) electrons. The van der Waals surface area contributed by atoms with Crippen LogP contribution in [0.2, 0.25) is 0 Å². The molecule has 1 aliphatic heterocycles. The van der Waals surface area contributed by atoms with Gasteiger partial charge in [0.05, 0.1) is 11.1 Å². The van der Waals surface area contributed by atoms with Crippen molar-refractivity contribution in [2.45, 2.75) is 26.2 Å². The number of rotatable bonds is 3. The van der Waals surface area contributed by atoms with E-state index in [1.54, 1.807) is 0 Å². The van der Waals surface area contributed by atoms with Crippen molar-refractivity contribution in [3.63, 3.8) is 0 Å². The quantitative estimate of drug-likeness (QED) is 0.861. The summed E-state index contributed by atoms with van der Waals surface area (Å²) in [5.41, 5.74) is 1.34. The first-order chi connectivity index (χ1) is 9.66. The molecule has 1 saturated heterocycles. The normalized spacial score (nSPS) is 14.4. The Hall–Kier alpha value is -2.17. The van der Waals surface area contributed by atoms with Crippen LogP contribution < -0.4 is 0 Å². The van der Waals surface area contributed by atoms with Gasteiger partial charge in [0.2, 0.25) is 0 Å². The van der Waals surface area contributed by atoms with E-state index in [0.717, 1.165) is 19.5 Å². The number of carbonyl (C=O) groups is 1. The van der Waals surface area contributed by atoms with E-state index >= 15 is 0 Å². The van der Waals surface area contributed by atoms with E-state index in [2.05, 4.69) is 10.1 Å². The summed E-state index contributed by atoms with van der Waals surface area (Å²) in [6.07, 6.45) is 1.08. The highest BCUT2D eigenvalue weighted by molar-refractivity contribution is 6.00. The molecule has 3 rings (SSSR count). The molecule has 0 aliphatic carbocycles. The van der Waals surface area contributed by atoms with Crippen LogP contribution in [0.4, 0.5) is 0 Å². The maximum absolute atomic E-state index is 12.4. The van der Waals surface area contributed by atoms with Crippen LogP contribution in [0, 0.1) is 0 Å². The Morgan fingerprint density at radius 3 is 2.65 bits per heavy atom. The molecule has 1 fully saturated rings. The van der Waals surface area contributed by atoms with E-state index < -0.39 is 0 Å². The molecule has 1 aromatic carbocycles. The third-order valence-corrected chi connectivity index (χ3v) is 3.49. The lowest BCUT2D eigenvalue weighted by Gasteiger charge is -2.31. The van der Waals surface area contributed by atoms with Gasteiger partial charge in [-0.1, -0.05) is 31.1 Å². The molecule has 1 amide bonds. The first-order valence-corrected chi connectivity index (χ1v) is 6.89. The fourth-order valence-electron chi connectivity index (χ4n) is 2.12. The topological polar surface area (TPSA) is 59.2 Å². The molecule has 104 valence electrons. The third-order valence-electron chi connectivity index (χ3n) is 3.49. The van der Waals surface area contributed by atoms with Crippen LogP contribution in [0.1, 0.15) is 42.4 Å². The minimum Gasteiger partial charge on any atom is -0.338 e. The predicted molar refractivity (Wildman–Crippen MR) is 74.3 cm³/mol. The smallest absolute Gasteiger partial charge is 0.258 e. The van der Waals surface area contributed by atoms with Gasteiger partial charge in [0.25, 0.3) is 11.8 Å². The lowest BCUT2D eigenvalue weighted by atomic mass is 10.0. The summed E-state index contributed by atoms with van der Waals surface area (Å²) in [4.78, 5) is 18.6. The summed E-state index contributed by atoms with van der Waals surface area (Å²) in [5, 5.41) is 3.96. The van der Waals surface area contributed by atoms with Gasteiger partial charge in [-0.2, -0.15) is 4.98 Å². The Balaban J connectivity index is 1.98. The molecule has 2 aromatic rings. The molecule has 0 atom stereocenters. The predicted octanol–water partition coefficient (Wildman–Crippen LogP) is 2.71. The molecule has 0 saturated carbocycles. The van der Waals surface area contributed by atoms with Gasteiger partial charge in [0.15, 0.2) is 5.82 Å². The number of likely N-dealkylation sites (tertiary alicyclic amines) is 1. The summed E-state index contributed by atoms with van der Waals surface area (Å²) >= 11 is 0. The summed E-state index contributed by atoms with van der Waals surface area (Å²) in [7, 11) is 0. The van der Waals surface area contributed by atoms with Crippen molar-refractivity contribution in [3.8, 4) is 11.5 Å². The lowest BCUT2D eigenvalue weighted by Crippen LogP contribution is -2.42. The number of hydrogen-bond donors (Lipinski definition) is 0. The van der Waals surface area contributed by atoms with Crippen molar-refractivity contribution in [1.29, 1.82) is 0 Å². The highest BCUT2D eigenvalue weighted by Gasteiger charge is 2.25. The van der Waals surface area contributed by atoms with Crippen LogP contribution in [0.3, 0.4) is 0 Å². The van der Waals surface area contributed by atoms with E-state index in [9.17, 15) is 4.79 Å². The fraction of sp³-hybridized carbons (Fsp3) is 0.400. The number of carbonyl (C=O) groups excluding carboxylic acids is 1. The highest BCUT2D eigenvalue weighted by Crippen LogP contribution is 2.25. The third kappa shape index (κ3) is 2.19. The van der Waals surface area contributed by atoms with Crippen molar-refractivity contribution in [2.75, 3.05) is 13.1 Å². The fourth-order valence-corrected chi connectivity index (χ4v) is 2.12. The standard InChI is InChI=1S/C15H17N3O2/c1-10(2)13-16-14(20-17-13)11-6-3-4-7-12(11)15(19)18-8-5-9-18/h3-4,6-7,10H,5,8-9H2,1-2H3. The number of nitrogens with zero attached hydrogens (tertiary/aromatic N) is 3. The van der Waals surface area contributed by atoms with E-state index in [4.69, 9.17) is 4.52 Å².